The molecule has 3 nitrogen and oxygen atoms in total. The smallest absolute Gasteiger partial charge is 0.0269 e. The van der Waals surface area contributed by atoms with E-state index in [-0.39, 0.29) is 5.41 Å². The fourth-order valence-corrected chi connectivity index (χ4v) is 7.53. The Bertz CT molecular complexity index is 2720. The molecule has 0 fully saturated rings. The zero-order valence-electron chi connectivity index (χ0n) is 42.2. The average Bonchev–Trinajstić information content (AvgIpc) is 3.38. The first-order chi connectivity index (χ1) is 34.8. The van der Waals surface area contributed by atoms with Crippen LogP contribution >= 0.6 is 0 Å². The molecule has 0 aromatic heterocycles. The van der Waals surface area contributed by atoms with Gasteiger partial charge in [0.25, 0.3) is 0 Å². The third kappa shape index (κ3) is 20.7. The SMILES string of the molecule is C/C=C/C=C(\C=C/C=C/C=C/C=C\C=C/N)c1ccccc1.C=C/C=C(\C=Cc1cccc(-c2cccc(C)c2)c1)C1=CCC(C2(C)C3=C\C=C/C=C\C2=C\C=C/C=C\3)C=C1.C=C/C=C\C=C/N.C=NC. The van der Waals surface area contributed by atoms with Crippen molar-refractivity contribution in [1.29, 1.82) is 0 Å². The highest BCUT2D eigenvalue weighted by Gasteiger charge is 2.38. The number of hydrogen-bond donors (Lipinski definition) is 2. The molecule has 3 aliphatic rings. The van der Waals surface area contributed by atoms with E-state index in [0.717, 1.165) is 6.42 Å². The first-order valence-electron chi connectivity index (χ1n) is 23.9. The van der Waals surface area contributed by atoms with E-state index in [0.29, 0.717) is 5.92 Å². The molecule has 0 radical (unpaired) electrons. The molecule has 1 unspecified atom stereocenters. The second-order valence-corrected chi connectivity index (χ2v) is 16.2. The molecule has 3 heteroatoms. The van der Waals surface area contributed by atoms with Crippen LogP contribution in [0.25, 0.3) is 22.8 Å². The number of benzene rings is 3. The summed E-state index contributed by atoms with van der Waals surface area (Å²) in [7, 11) is 1.64. The minimum atomic E-state index is -0.116. The fraction of sp³-hybridized carbons (Fsp3) is 0.103. The van der Waals surface area contributed by atoms with Gasteiger partial charge in [-0.2, -0.15) is 0 Å². The summed E-state index contributed by atoms with van der Waals surface area (Å²) in [4.78, 5) is 3.25. The molecule has 0 saturated carbocycles. The van der Waals surface area contributed by atoms with Gasteiger partial charge in [-0.25, -0.2) is 0 Å². The molecule has 0 aliphatic heterocycles. The van der Waals surface area contributed by atoms with E-state index in [9.17, 15) is 0 Å². The van der Waals surface area contributed by atoms with Gasteiger partial charge >= 0.3 is 0 Å². The first kappa shape index (κ1) is 56.8. The van der Waals surface area contributed by atoms with Crippen LogP contribution in [0.5, 0.6) is 0 Å². The van der Waals surface area contributed by atoms with Crippen molar-refractivity contribution in [3.63, 3.8) is 0 Å². The van der Waals surface area contributed by atoms with Gasteiger partial charge in [-0.1, -0.05) is 287 Å². The summed E-state index contributed by atoms with van der Waals surface area (Å²) >= 11 is 0. The Hall–Kier alpha value is -8.53. The van der Waals surface area contributed by atoms with Crippen molar-refractivity contribution in [3.8, 4) is 11.1 Å². The number of hydrogen-bond acceptors (Lipinski definition) is 3. The molecule has 2 bridgehead atoms. The Kier molecular flexibility index (Phi) is 27.8. The summed E-state index contributed by atoms with van der Waals surface area (Å²) in [5.74, 6) is 0.353. The highest BCUT2D eigenvalue weighted by molar-refractivity contribution is 5.75. The molecule has 71 heavy (non-hydrogen) atoms. The molecule has 3 aromatic carbocycles. The van der Waals surface area contributed by atoms with Gasteiger partial charge in [-0.3, -0.25) is 0 Å². The lowest BCUT2D eigenvalue weighted by Crippen LogP contribution is -2.31. The second kappa shape index (κ2) is 34.7. The topological polar surface area (TPSA) is 64.4 Å². The quantitative estimate of drug-likeness (QED) is 0.118. The molecule has 0 spiro atoms. The number of aryl methyl sites for hydroxylation is 1. The molecule has 3 aliphatic carbocycles. The first-order valence-corrected chi connectivity index (χ1v) is 23.9. The van der Waals surface area contributed by atoms with E-state index < -0.39 is 0 Å². The van der Waals surface area contributed by atoms with Gasteiger partial charge in [-0.15, -0.1) is 0 Å². The third-order valence-corrected chi connectivity index (χ3v) is 11.1. The van der Waals surface area contributed by atoms with Gasteiger partial charge in [0.15, 0.2) is 0 Å². The molecule has 0 amide bonds. The maximum absolute atomic E-state index is 5.23. The summed E-state index contributed by atoms with van der Waals surface area (Å²) in [6.07, 6.45) is 72.2. The molecular weight excluding hydrogens is 859 g/mol. The summed E-state index contributed by atoms with van der Waals surface area (Å²) in [5, 5.41) is 0. The van der Waals surface area contributed by atoms with Crippen LogP contribution in [0.4, 0.5) is 0 Å². The second-order valence-electron chi connectivity index (χ2n) is 16.2. The Labute approximate surface area is 427 Å². The maximum Gasteiger partial charge on any atom is 0.0269 e. The minimum absolute atomic E-state index is 0.116. The summed E-state index contributed by atoms with van der Waals surface area (Å²) in [6.45, 7) is 17.1. The molecule has 360 valence electrons. The Morgan fingerprint density at radius 2 is 1.21 bits per heavy atom. The molecule has 1 atom stereocenters. The Balaban J connectivity index is 0.000000350. The van der Waals surface area contributed by atoms with E-state index in [1.54, 1.807) is 25.3 Å². The number of allylic oxidation sites excluding steroid dienone is 37. The maximum atomic E-state index is 5.23. The van der Waals surface area contributed by atoms with Crippen LogP contribution in [-0.2, 0) is 0 Å². The van der Waals surface area contributed by atoms with Crippen LogP contribution in [0, 0.1) is 18.3 Å². The van der Waals surface area contributed by atoms with Crippen LogP contribution in [0.1, 0.15) is 37.0 Å². The van der Waals surface area contributed by atoms with Gasteiger partial charge in [0, 0.05) is 12.5 Å². The lowest BCUT2D eigenvalue weighted by molar-refractivity contribution is 0.360. The van der Waals surface area contributed by atoms with E-state index in [1.165, 1.54) is 68.1 Å². The predicted molar refractivity (Wildman–Crippen MR) is 317 cm³/mol. The highest BCUT2D eigenvalue weighted by Crippen LogP contribution is 2.48. The van der Waals surface area contributed by atoms with Gasteiger partial charge in [0.2, 0.25) is 0 Å². The highest BCUT2D eigenvalue weighted by atomic mass is 14.6. The molecule has 6 rings (SSSR count). The Morgan fingerprint density at radius 3 is 1.77 bits per heavy atom. The summed E-state index contributed by atoms with van der Waals surface area (Å²) in [5.41, 5.74) is 22.5. The Morgan fingerprint density at radius 1 is 0.620 bits per heavy atom. The van der Waals surface area contributed by atoms with Crippen molar-refractivity contribution >= 4 is 18.4 Å². The summed E-state index contributed by atoms with van der Waals surface area (Å²) < 4.78 is 0. The number of rotatable bonds is 15. The van der Waals surface area contributed by atoms with E-state index in [4.69, 9.17) is 11.5 Å². The van der Waals surface area contributed by atoms with Crippen LogP contribution in [-0.4, -0.2) is 13.8 Å². The van der Waals surface area contributed by atoms with Crippen molar-refractivity contribution in [2.24, 2.45) is 27.8 Å². The molecule has 4 N–H and O–H groups in total. The van der Waals surface area contributed by atoms with E-state index >= 15 is 0 Å². The van der Waals surface area contributed by atoms with Crippen LogP contribution in [0.2, 0.25) is 0 Å². The predicted octanol–water partition coefficient (Wildman–Crippen LogP) is 17.3. The van der Waals surface area contributed by atoms with Crippen molar-refractivity contribution in [1.82, 2.24) is 0 Å². The van der Waals surface area contributed by atoms with Crippen molar-refractivity contribution in [2.75, 3.05) is 7.05 Å². The van der Waals surface area contributed by atoms with E-state index in [2.05, 4.69) is 209 Å². The van der Waals surface area contributed by atoms with Crippen molar-refractivity contribution in [3.05, 3.63) is 338 Å². The van der Waals surface area contributed by atoms with Crippen molar-refractivity contribution < 1.29 is 0 Å². The number of nitrogens with two attached hydrogens (primary N) is 2. The number of aliphatic imine (C=N–C) groups is 1. The number of fused-ring (bicyclic) bond motifs is 2. The third-order valence-electron chi connectivity index (χ3n) is 11.1. The monoisotopic (exact) mass is 932 g/mol. The van der Waals surface area contributed by atoms with Gasteiger partial charge in [-0.05, 0) is 114 Å². The van der Waals surface area contributed by atoms with Crippen LogP contribution in [0.15, 0.2) is 326 Å². The molecular formula is C68H73N3. The fourth-order valence-electron chi connectivity index (χ4n) is 7.53. The zero-order valence-corrected chi connectivity index (χ0v) is 42.2. The standard InChI is InChI=1S/C39H36.C21H23N.C6H9N.C2H5N/c1-4-13-32(23-22-31-15-12-17-35(29-31)34-16-11-14-30(2)28-34)33-24-26-38(27-25-33)39(3)36-18-7-5-8-19-37(39)21-10-6-9-20-36;1-2-3-15-20(21-17-12-10-13-18-21)16-11-8-6-4-5-7-9-14-19-22;1-2-3-4-5-6-7;1-3-2/h4-26,28-29,38H,1,27H2,2-3H3;2-19H,22H2,1H3;2-6H,1,7H2;1H2,2H3/b7-5-,8-5?,9-6?,10-6-,18-7?,19-8-,20-9-,21-10?,23-22?,32-13+,36-18-,36-20?,37-19?,37-21-;3-2+,5-4+,8-6+,9-7-,16-11-,19-14-,20-15+;4-3-,6-5-;. The van der Waals surface area contributed by atoms with Crippen LogP contribution in [0.3, 0.4) is 0 Å². The lowest BCUT2D eigenvalue weighted by atomic mass is 9.63. The number of nitrogens with zero attached hydrogens (tertiary/aromatic N) is 1. The lowest BCUT2D eigenvalue weighted by Gasteiger charge is -2.40. The molecule has 0 saturated heterocycles. The van der Waals surface area contributed by atoms with E-state index in [1.807, 2.05) is 98.0 Å². The molecule has 3 aromatic rings. The van der Waals surface area contributed by atoms with Gasteiger partial charge < -0.3 is 16.5 Å². The van der Waals surface area contributed by atoms with Crippen molar-refractivity contribution in [2.45, 2.75) is 27.2 Å². The minimum Gasteiger partial charge on any atom is -0.405 e. The van der Waals surface area contributed by atoms with Gasteiger partial charge in [0.05, 0.1) is 0 Å². The normalized spacial score (nSPS) is 21.2. The average molecular weight is 932 g/mol. The largest absolute Gasteiger partial charge is 0.405 e. The summed E-state index contributed by atoms with van der Waals surface area (Å²) in [6, 6.07) is 27.7. The molecule has 0 heterocycles. The van der Waals surface area contributed by atoms with Gasteiger partial charge in [0.1, 0.15) is 0 Å². The van der Waals surface area contributed by atoms with Crippen LogP contribution < -0.4 is 11.5 Å². The zero-order chi connectivity index (χ0) is 51.2.